The van der Waals surface area contributed by atoms with E-state index in [9.17, 15) is 0 Å². The van der Waals surface area contributed by atoms with Gasteiger partial charge in [-0.05, 0) is 26.7 Å². The van der Waals surface area contributed by atoms with Crippen LogP contribution in [0.25, 0.3) is 0 Å². The summed E-state index contributed by atoms with van der Waals surface area (Å²) < 4.78 is 0. The van der Waals surface area contributed by atoms with E-state index in [0.717, 1.165) is 0 Å². The number of hydrogen-bond donors (Lipinski definition) is 4. The molecule has 6 atom stereocenters. The Morgan fingerprint density at radius 2 is 0.950 bits per heavy atom. The molecule has 0 aromatic carbocycles. The maximum Gasteiger partial charge on any atom is 0.0826 e. The third-order valence-corrected chi connectivity index (χ3v) is 3.53. The van der Waals surface area contributed by atoms with Crippen molar-refractivity contribution in [3.8, 4) is 0 Å². The van der Waals surface area contributed by atoms with E-state index in [2.05, 4.69) is 0 Å². The Bertz CT molecular complexity index is 198. The first-order valence-corrected chi connectivity index (χ1v) is 8.04. The molecule has 0 aromatic rings. The first-order valence-electron chi connectivity index (χ1n) is 6.29. The third kappa shape index (κ3) is 14.0. The van der Waals surface area contributed by atoms with Crippen LogP contribution >= 0.6 is 46.4 Å². The van der Waals surface area contributed by atoms with Crippen molar-refractivity contribution in [2.24, 2.45) is 0 Å². The van der Waals surface area contributed by atoms with Gasteiger partial charge < -0.3 is 20.4 Å². The molecule has 0 rings (SSSR count). The van der Waals surface area contributed by atoms with Crippen molar-refractivity contribution in [1.29, 1.82) is 0 Å². The van der Waals surface area contributed by atoms with Gasteiger partial charge in [0.05, 0.1) is 36.2 Å². The van der Waals surface area contributed by atoms with Crippen LogP contribution in [0.3, 0.4) is 0 Å². The van der Waals surface area contributed by atoms with E-state index in [0.29, 0.717) is 12.8 Å². The number of hydrogen-bond acceptors (Lipinski definition) is 4. The molecule has 0 aliphatic carbocycles. The molecule has 0 aromatic heterocycles. The summed E-state index contributed by atoms with van der Waals surface area (Å²) in [5, 5.41) is 33.8. The zero-order valence-electron chi connectivity index (χ0n) is 11.6. The molecule has 0 spiro atoms. The molecule has 0 aliphatic heterocycles. The molecule has 0 fully saturated rings. The Kier molecular flexibility index (Phi) is 15.9. The van der Waals surface area contributed by atoms with Gasteiger partial charge in [-0.1, -0.05) is 0 Å². The van der Waals surface area contributed by atoms with Crippen molar-refractivity contribution >= 4 is 46.4 Å². The number of halogens is 4. The smallest absolute Gasteiger partial charge is 0.0826 e. The van der Waals surface area contributed by atoms with Crippen molar-refractivity contribution in [2.45, 2.75) is 60.4 Å². The molecule has 124 valence electrons. The van der Waals surface area contributed by atoms with Gasteiger partial charge in [-0.3, -0.25) is 0 Å². The summed E-state index contributed by atoms with van der Waals surface area (Å²) in [6.07, 6.45) is -0.592. The van der Waals surface area contributed by atoms with Crippen molar-refractivity contribution in [3.05, 3.63) is 0 Å². The van der Waals surface area contributed by atoms with Crippen LogP contribution in [0.5, 0.6) is 0 Å². The lowest BCUT2D eigenvalue weighted by Gasteiger charge is -2.15. The SMILES string of the molecule is C[C@@H](Cl)C[C@H](O)[C@@H](Cl)CO.C[C@@H](Cl)C[C@H](O)[C@@H](Cl)CO. The van der Waals surface area contributed by atoms with Crippen molar-refractivity contribution in [2.75, 3.05) is 13.2 Å². The van der Waals surface area contributed by atoms with Gasteiger partial charge in [0.2, 0.25) is 0 Å². The fraction of sp³-hybridized carbons (Fsp3) is 1.00. The van der Waals surface area contributed by atoms with Crippen LogP contribution in [0.2, 0.25) is 0 Å². The van der Waals surface area contributed by atoms with Crippen LogP contribution in [0.15, 0.2) is 0 Å². The standard InChI is InChI=1S/2C6H12Cl2O2/c2*1-4(7)2-6(10)5(8)3-9/h2*4-6,9-10H,2-3H2,1H3/t2*4-,5+,6+/m11/s1. The zero-order chi connectivity index (χ0) is 16.3. The highest BCUT2D eigenvalue weighted by molar-refractivity contribution is 6.22. The highest BCUT2D eigenvalue weighted by atomic mass is 35.5. The second-order valence-electron chi connectivity index (χ2n) is 4.56. The van der Waals surface area contributed by atoms with Gasteiger partial charge in [0.1, 0.15) is 0 Å². The Labute approximate surface area is 140 Å². The predicted octanol–water partition coefficient (Wildman–Crippen LogP) is 1.93. The Morgan fingerprint density at radius 1 is 0.700 bits per heavy atom. The normalized spacial score (nSPS) is 20.1. The molecule has 4 N–H and O–H groups in total. The number of aliphatic hydroxyl groups is 4. The topological polar surface area (TPSA) is 80.9 Å². The highest BCUT2D eigenvalue weighted by Crippen LogP contribution is 2.12. The number of rotatable bonds is 8. The molecular weight excluding hydrogens is 350 g/mol. The molecule has 0 saturated heterocycles. The second kappa shape index (κ2) is 13.6. The summed E-state index contributed by atoms with van der Waals surface area (Å²) in [5.74, 6) is 0. The molecule has 0 radical (unpaired) electrons. The summed E-state index contributed by atoms with van der Waals surface area (Å²) in [6.45, 7) is 3.11. The van der Waals surface area contributed by atoms with E-state index in [1.165, 1.54) is 0 Å². The first-order chi connectivity index (χ1) is 9.15. The van der Waals surface area contributed by atoms with Crippen molar-refractivity contribution < 1.29 is 20.4 Å². The van der Waals surface area contributed by atoms with Gasteiger partial charge >= 0.3 is 0 Å². The lowest BCUT2D eigenvalue weighted by molar-refractivity contribution is 0.129. The molecular formula is C12H24Cl4O4. The van der Waals surface area contributed by atoms with Crippen LogP contribution < -0.4 is 0 Å². The van der Waals surface area contributed by atoms with Gasteiger partial charge in [-0.25, -0.2) is 0 Å². The molecule has 20 heavy (non-hydrogen) atoms. The molecule has 0 aliphatic rings. The van der Waals surface area contributed by atoms with E-state index < -0.39 is 23.0 Å². The van der Waals surface area contributed by atoms with Crippen LogP contribution in [0, 0.1) is 0 Å². The maximum absolute atomic E-state index is 9.11. The van der Waals surface area contributed by atoms with Gasteiger partial charge in [0.15, 0.2) is 0 Å². The van der Waals surface area contributed by atoms with Gasteiger partial charge in [-0.2, -0.15) is 0 Å². The van der Waals surface area contributed by atoms with E-state index in [4.69, 9.17) is 66.8 Å². The summed E-state index contributed by atoms with van der Waals surface area (Å²) in [7, 11) is 0. The quantitative estimate of drug-likeness (QED) is 0.490. The van der Waals surface area contributed by atoms with Crippen molar-refractivity contribution in [1.82, 2.24) is 0 Å². The number of alkyl halides is 4. The first kappa shape index (κ1) is 23.3. The van der Waals surface area contributed by atoms with E-state index in [1.54, 1.807) is 13.8 Å². The molecule has 0 heterocycles. The van der Waals surface area contributed by atoms with E-state index in [-0.39, 0.29) is 24.0 Å². The molecule has 4 nitrogen and oxygen atoms in total. The lowest BCUT2D eigenvalue weighted by atomic mass is 10.1. The molecule has 0 amide bonds. The van der Waals surface area contributed by atoms with Crippen LogP contribution in [-0.4, -0.2) is 67.4 Å². The summed E-state index contributed by atoms with van der Waals surface area (Å²) in [5.41, 5.74) is 0. The minimum atomic E-state index is -0.709. The van der Waals surface area contributed by atoms with Gasteiger partial charge in [0.25, 0.3) is 0 Å². The Morgan fingerprint density at radius 3 is 1.10 bits per heavy atom. The monoisotopic (exact) mass is 372 g/mol. The van der Waals surface area contributed by atoms with Crippen LogP contribution in [-0.2, 0) is 0 Å². The minimum Gasteiger partial charge on any atom is -0.395 e. The molecule has 0 bridgehead atoms. The van der Waals surface area contributed by atoms with Gasteiger partial charge in [-0.15, -0.1) is 46.4 Å². The fourth-order valence-corrected chi connectivity index (χ4v) is 1.78. The number of aliphatic hydroxyl groups excluding tert-OH is 4. The molecule has 8 heteroatoms. The Hall–Kier alpha value is 1.000. The van der Waals surface area contributed by atoms with E-state index in [1.807, 2.05) is 0 Å². The molecule has 0 saturated carbocycles. The predicted molar refractivity (Wildman–Crippen MR) is 85.3 cm³/mol. The molecule has 0 unspecified atom stereocenters. The van der Waals surface area contributed by atoms with E-state index >= 15 is 0 Å². The average Bonchev–Trinajstić information content (AvgIpc) is 2.35. The summed E-state index contributed by atoms with van der Waals surface area (Å²) >= 11 is 22.1. The van der Waals surface area contributed by atoms with Crippen LogP contribution in [0.4, 0.5) is 0 Å². The second-order valence-corrected chi connectivity index (χ2v) is 7.18. The fourth-order valence-electron chi connectivity index (χ4n) is 1.20. The van der Waals surface area contributed by atoms with Gasteiger partial charge in [0, 0.05) is 10.8 Å². The third-order valence-electron chi connectivity index (χ3n) is 2.32. The minimum absolute atomic E-state index is 0.109. The highest BCUT2D eigenvalue weighted by Gasteiger charge is 2.17. The van der Waals surface area contributed by atoms with Crippen LogP contribution in [0.1, 0.15) is 26.7 Å². The Balaban J connectivity index is 0. The zero-order valence-corrected chi connectivity index (χ0v) is 14.6. The lowest BCUT2D eigenvalue weighted by Crippen LogP contribution is -2.26. The maximum atomic E-state index is 9.11. The van der Waals surface area contributed by atoms with Crippen molar-refractivity contribution in [3.63, 3.8) is 0 Å². The summed E-state index contributed by atoms with van der Waals surface area (Å²) in [4.78, 5) is 0. The largest absolute Gasteiger partial charge is 0.395 e. The average molecular weight is 374 g/mol. The summed E-state index contributed by atoms with van der Waals surface area (Å²) in [6, 6.07) is 0.